The van der Waals surface area contributed by atoms with Crippen LogP contribution in [0.1, 0.15) is 36.8 Å². The fourth-order valence-electron chi connectivity index (χ4n) is 3.49. The zero-order valence-electron chi connectivity index (χ0n) is 15.7. The van der Waals surface area contributed by atoms with Crippen molar-refractivity contribution in [2.24, 2.45) is 0 Å². The predicted octanol–water partition coefficient (Wildman–Crippen LogP) is 3.68. The first-order chi connectivity index (χ1) is 13.8. The van der Waals surface area contributed by atoms with Gasteiger partial charge in [-0.25, -0.2) is 0 Å². The van der Waals surface area contributed by atoms with Gasteiger partial charge in [0.15, 0.2) is 0 Å². The monoisotopic (exact) mass is 396 g/mol. The Morgan fingerprint density at radius 2 is 2.00 bits per heavy atom. The summed E-state index contributed by atoms with van der Waals surface area (Å²) in [6.07, 6.45) is 3.24. The SMILES string of the molecule is O=C(CCc1nnc(-c2ccsc2)o1)NC(CN1CCCC1)c1ccccc1. The minimum Gasteiger partial charge on any atom is -0.421 e. The molecule has 0 spiro atoms. The van der Waals surface area contributed by atoms with Gasteiger partial charge in [-0.1, -0.05) is 30.3 Å². The number of carbonyl (C=O) groups excluding carboxylic acids is 1. The van der Waals surface area contributed by atoms with Crippen LogP contribution in [0.4, 0.5) is 0 Å². The van der Waals surface area contributed by atoms with E-state index in [0.29, 0.717) is 24.6 Å². The highest BCUT2D eigenvalue weighted by molar-refractivity contribution is 7.08. The largest absolute Gasteiger partial charge is 0.421 e. The van der Waals surface area contributed by atoms with Gasteiger partial charge < -0.3 is 14.6 Å². The second-order valence-corrected chi connectivity index (χ2v) is 7.83. The normalized spacial score (nSPS) is 15.6. The molecule has 28 heavy (non-hydrogen) atoms. The Labute approximate surface area is 168 Å². The molecule has 1 fully saturated rings. The summed E-state index contributed by atoms with van der Waals surface area (Å²) in [7, 11) is 0. The Balaban J connectivity index is 1.34. The number of aromatic nitrogens is 2. The van der Waals surface area contributed by atoms with Crippen molar-refractivity contribution in [3.8, 4) is 11.5 Å². The van der Waals surface area contributed by atoms with Gasteiger partial charge in [0.1, 0.15) is 0 Å². The van der Waals surface area contributed by atoms with E-state index in [1.807, 2.05) is 35.0 Å². The molecule has 1 aliphatic rings. The molecule has 7 heteroatoms. The van der Waals surface area contributed by atoms with Crippen LogP contribution in [0.25, 0.3) is 11.5 Å². The summed E-state index contributed by atoms with van der Waals surface area (Å²) in [5.41, 5.74) is 2.06. The molecule has 1 amide bonds. The maximum Gasteiger partial charge on any atom is 0.248 e. The van der Waals surface area contributed by atoms with Gasteiger partial charge in [0.2, 0.25) is 17.7 Å². The molecule has 0 saturated carbocycles. The minimum atomic E-state index is -0.00384. The molecule has 146 valence electrons. The summed E-state index contributed by atoms with van der Waals surface area (Å²) in [6.45, 7) is 3.05. The Kier molecular flexibility index (Phi) is 6.14. The van der Waals surface area contributed by atoms with E-state index in [4.69, 9.17) is 4.42 Å². The van der Waals surface area contributed by atoms with Crippen LogP contribution in [-0.2, 0) is 11.2 Å². The molecule has 1 aromatic carbocycles. The second-order valence-electron chi connectivity index (χ2n) is 7.05. The number of thiophene rings is 1. The number of amides is 1. The summed E-state index contributed by atoms with van der Waals surface area (Å²) >= 11 is 1.58. The lowest BCUT2D eigenvalue weighted by molar-refractivity contribution is -0.122. The molecule has 1 aliphatic heterocycles. The summed E-state index contributed by atoms with van der Waals surface area (Å²) in [5, 5.41) is 15.3. The van der Waals surface area contributed by atoms with Crippen LogP contribution in [0.5, 0.6) is 0 Å². The summed E-state index contributed by atoms with van der Waals surface area (Å²) in [4.78, 5) is 15.0. The zero-order chi connectivity index (χ0) is 19.2. The van der Waals surface area contributed by atoms with Gasteiger partial charge in [-0.2, -0.15) is 11.3 Å². The molecule has 1 atom stereocenters. The highest BCUT2D eigenvalue weighted by atomic mass is 32.1. The maximum atomic E-state index is 12.6. The van der Waals surface area contributed by atoms with Gasteiger partial charge in [-0.3, -0.25) is 4.79 Å². The summed E-state index contributed by atoms with van der Waals surface area (Å²) < 4.78 is 5.67. The quantitative estimate of drug-likeness (QED) is 0.629. The average molecular weight is 397 g/mol. The van der Waals surface area contributed by atoms with Crippen molar-refractivity contribution in [1.82, 2.24) is 20.4 Å². The zero-order valence-corrected chi connectivity index (χ0v) is 16.5. The van der Waals surface area contributed by atoms with E-state index in [1.54, 1.807) is 11.3 Å². The van der Waals surface area contributed by atoms with Gasteiger partial charge in [-0.15, -0.1) is 10.2 Å². The number of rotatable bonds is 8. The molecule has 1 N–H and O–H groups in total. The predicted molar refractivity (Wildman–Crippen MR) is 109 cm³/mol. The molecule has 3 aromatic rings. The lowest BCUT2D eigenvalue weighted by atomic mass is 10.1. The number of nitrogens with one attached hydrogen (secondary N) is 1. The molecule has 4 rings (SSSR count). The minimum absolute atomic E-state index is 0.00309. The third kappa shape index (κ3) is 4.85. The standard InChI is InChI=1S/C21H24N4O2S/c26-19(8-9-20-23-24-21(27-20)17-10-13-28-15-17)22-18(14-25-11-4-5-12-25)16-6-2-1-3-7-16/h1-3,6-7,10,13,15,18H,4-5,8-9,11-12,14H2,(H,22,26). The van der Waals surface area contributed by atoms with E-state index < -0.39 is 0 Å². The van der Waals surface area contributed by atoms with Crippen molar-refractivity contribution in [3.05, 3.63) is 58.6 Å². The van der Waals surface area contributed by atoms with Crippen molar-refractivity contribution in [3.63, 3.8) is 0 Å². The Morgan fingerprint density at radius 1 is 1.18 bits per heavy atom. The fraction of sp³-hybridized carbons (Fsp3) is 0.381. The van der Waals surface area contributed by atoms with Crippen LogP contribution < -0.4 is 5.32 Å². The smallest absolute Gasteiger partial charge is 0.248 e. The highest BCUT2D eigenvalue weighted by Gasteiger charge is 2.21. The molecular formula is C21H24N4O2S. The number of nitrogens with zero attached hydrogens (tertiary/aromatic N) is 3. The first-order valence-corrected chi connectivity index (χ1v) is 10.6. The van der Waals surface area contributed by atoms with E-state index in [2.05, 4.69) is 32.5 Å². The summed E-state index contributed by atoms with van der Waals surface area (Å²) in [6, 6.07) is 12.1. The van der Waals surface area contributed by atoms with Crippen LogP contribution >= 0.6 is 11.3 Å². The lowest BCUT2D eigenvalue weighted by Gasteiger charge is -2.25. The van der Waals surface area contributed by atoms with Crippen molar-refractivity contribution in [1.29, 1.82) is 0 Å². The Bertz CT molecular complexity index is 873. The molecular weight excluding hydrogens is 372 g/mol. The van der Waals surface area contributed by atoms with Crippen LogP contribution in [0.15, 0.2) is 51.6 Å². The molecule has 0 radical (unpaired) electrons. The fourth-order valence-corrected chi connectivity index (χ4v) is 4.12. The maximum absolute atomic E-state index is 12.6. The summed E-state index contributed by atoms with van der Waals surface area (Å²) in [5.74, 6) is 1.00. The van der Waals surface area contributed by atoms with Crippen molar-refractivity contribution in [2.45, 2.75) is 31.7 Å². The van der Waals surface area contributed by atoms with E-state index in [1.165, 1.54) is 12.8 Å². The van der Waals surface area contributed by atoms with Crippen molar-refractivity contribution < 1.29 is 9.21 Å². The number of carbonyl (C=O) groups is 1. The lowest BCUT2D eigenvalue weighted by Crippen LogP contribution is -2.37. The number of benzene rings is 1. The van der Waals surface area contributed by atoms with E-state index >= 15 is 0 Å². The number of likely N-dealkylation sites (tertiary alicyclic amines) is 1. The third-order valence-electron chi connectivity index (χ3n) is 4.98. The van der Waals surface area contributed by atoms with Crippen LogP contribution in [0.3, 0.4) is 0 Å². The average Bonchev–Trinajstić information content (AvgIpc) is 3.48. The van der Waals surface area contributed by atoms with E-state index in [-0.39, 0.29) is 11.9 Å². The van der Waals surface area contributed by atoms with Crippen molar-refractivity contribution >= 4 is 17.2 Å². The topological polar surface area (TPSA) is 71.3 Å². The third-order valence-corrected chi connectivity index (χ3v) is 5.66. The Morgan fingerprint density at radius 3 is 2.75 bits per heavy atom. The molecule has 2 aromatic heterocycles. The number of aryl methyl sites for hydroxylation is 1. The first-order valence-electron chi connectivity index (χ1n) is 9.69. The van der Waals surface area contributed by atoms with Crippen LogP contribution in [0, 0.1) is 0 Å². The molecule has 0 bridgehead atoms. The number of hydrogen-bond acceptors (Lipinski definition) is 6. The molecule has 1 saturated heterocycles. The van der Waals surface area contributed by atoms with Crippen LogP contribution in [0.2, 0.25) is 0 Å². The molecule has 3 heterocycles. The van der Waals surface area contributed by atoms with Gasteiger partial charge in [0, 0.05) is 30.3 Å². The second kappa shape index (κ2) is 9.12. The van der Waals surface area contributed by atoms with Crippen LogP contribution in [-0.4, -0.2) is 40.6 Å². The highest BCUT2D eigenvalue weighted by Crippen LogP contribution is 2.21. The number of hydrogen-bond donors (Lipinski definition) is 1. The van der Waals surface area contributed by atoms with Gasteiger partial charge in [0.05, 0.1) is 6.04 Å². The van der Waals surface area contributed by atoms with E-state index in [0.717, 1.165) is 30.8 Å². The van der Waals surface area contributed by atoms with E-state index in [9.17, 15) is 4.79 Å². The Hall–Kier alpha value is -2.51. The molecule has 6 nitrogen and oxygen atoms in total. The van der Waals surface area contributed by atoms with Gasteiger partial charge in [-0.05, 0) is 42.9 Å². The van der Waals surface area contributed by atoms with Gasteiger partial charge in [0.25, 0.3) is 0 Å². The molecule has 0 aliphatic carbocycles. The molecule has 1 unspecified atom stereocenters. The van der Waals surface area contributed by atoms with Gasteiger partial charge >= 0.3 is 0 Å². The first kappa shape index (κ1) is 18.8. The van der Waals surface area contributed by atoms with Crippen molar-refractivity contribution in [2.75, 3.05) is 19.6 Å².